The molecular formula is C15H11Cl2N3O2S. The van der Waals surface area contributed by atoms with E-state index in [1.165, 1.54) is 17.7 Å². The molecule has 0 atom stereocenters. The summed E-state index contributed by atoms with van der Waals surface area (Å²) in [5.41, 5.74) is 1.02. The van der Waals surface area contributed by atoms with E-state index in [4.69, 9.17) is 27.9 Å². The van der Waals surface area contributed by atoms with Crippen molar-refractivity contribution in [1.82, 2.24) is 9.97 Å². The van der Waals surface area contributed by atoms with Gasteiger partial charge in [-0.05, 0) is 19.1 Å². The minimum Gasteiger partial charge on any atom is -0.462 e. The Labute approximate surface area is 146 Å². The number of nitrogens with zero attached hydrogens (tertiary/aromatic N) is 2. The normalized spacial score (nSPS) is 10.7. The Bertz CT molecular complexity index is 882. The summed E-state index contributed by atoms with van der Waals surface area (Å²) in [5.74, 6) is 0.0669. The van der Waals surface area contributed by atoms with E-state index in [0.29, 0.717) is 43.9 Å². The zero-order valence-electron chi connectivity index (χ0n) is 12.0. The monoisotopic (exact) mass is 367 g/mol. The van der Waals surface area contributed by atoms with Crippen molar-refractivity contribution < 1.29 is 9.53 Å². The van der Waals surface area contributed by atoms with Gasteiger partial charge >= 0.3 is 5.97 Å². The van der Waals surface area contributed by atoms with Crippen LogP contribution >= 0.6 is 34.5 Å². The standard InChI is InChI=1S/C15H11Cl2N3O2S/c1-2-22-15(21)8-6-23-14-11(8)13(18-7-19-14)20-10-5-3-4-9(16)12(10)17/h3-7H,2H2,1H3,(H,18,19,20). The van der Waals surface area contributed by atoms with Crippen LogP contribution in [0.1, 0.15) is 17.3 Å². The van der Waals surface area contributed by atoms with Gasteiger partial charge in [0, 0.05) is 5.38 Å². The van der Waals surface area contributed by atoms with Crippen molar-refractivity contribution in [3.63, 3.8) is 0 Å². The molecule has 2 heterocycles. The second-order valence-corrected chi connectivity index (χ2v) is 6.14. The second-order valence-electron chi connectivity index (χ2n) is 4.50. The lowest BCUT2D eigenvalue weighted by Gasteiger charge is -2.10. The number of hydrogen-bond acceptors (Lipinski definition) is 6. The van der Waals surface area contributed by atoms with Crippen LogP contribution in [0.15, 0.2) is 29.9 Å². The number of anilines is 2. The predicted molar refractivity (Wildman–Crippen MR) is 93.1 cm³/mol. The zero-order chi connectivity index (χ0) is 16.4. The number of halogens is 2. The summed E-state index contributed by atoms with van der Waals surface area (Å²) in [4.78, 5) is 21.2. The molecular weight excluding hydrogens is 357 g/mol. The van der Waals surface area contributed by atoms with Crippen LogP contribution < -0.4 is 5.32 Å². The highest BCUT2D eigenvalue weighted by molar-refractivity contribution is 7.17. The molecule has 2 aromatic heterocycles. The molecule has 1 N–H and O–H groups in total. The van der Waals surface area contributed by atoms with Crippen molar-refractivity contribution >= 4 is 62.2 Å². The molecule has 118 valence electrons. The first kappa shape index (κ1) is 16.0. The first-order chi connectivity index (χ1) is 11.1. The van der Waals surface area contributed by atoms with Crippen LogP contribution in [0.5, 0.6) is 0 Å². The van der Waals surface area contributed by atoms with Gasteiger partial charge in [0.05, 0.1) is 33.3 Å². The molecule has 0 aliphatic heterocycles. The number of esters is 1. The van der Waals surface area contributed by atoms with Gasteiger partial charge in [-0.2, -0.15) is 0 Å². The second kappa shape index (κ2) is 6.70. The number of carbonyl (C=O) groups excluding carboxylic acids is 1. The predicted octanol–water partition coefficient (Wildman–Crippen LogP) is 4.92. The summed E-state index contributed by atoms with van der Waals surface area (Å²) in [6.07, 6.45) is 1.43. The van der Waals surface area contributed by atoms with Crippen molar-refractivity contribution in [2.24, 2.45) is 0 Å². The first-order valence-electron chi connectivity index (χ1n) is 6.72. The van der Waals surface area contributed by atoms with E-state index >= 15 is 0 Å². The van der Waals surface area contributed by atoms with Crippen LogP contribution in [0.3, 0.4) is 0 Å². The van der Waals surface area contributed by atoms with Gasteiger partial charge in [0.2, 0.25) is 0 Å². The molecule has 0 saturated carbocycles. The summed E-state index contributed by atoms with van der Waals surface area (Å²) >= 11 is 13.6. The number of benzene rings is 1. The molecule has 0 saturated heterocycles. The Kier molecular flexibility index (Phi) is 4.66. The summed E-state index contributed by atoms with van der Waals surface area (Å²) in [6, 6.07) is 5.24. The van der Waals surface area contributed by atoms with E-state index in [9.17, 15) is 4.79 Å². The summed E-state index contributed by atoms with van der Waals surface area (Å²) in [5, 5.41) is 6.24. The lowest BCUT2D eigenvalue weighted by Crippen LogP contribution is -2.05. The number of carbonyl (C=O) groups is 1. The molecule has 0 aliphatic rings. The summed E-state index contributed by atoms with van der Waals surface area (Å²) in [7, 11) is 0. The average molecular weight is 368 g/mol. The first-order valence-corrected chi connectivity index (χ1v) is 8.35. The SMILES string of the molecule is CCOC(=O)c1csc2ncnc(Nc3cccc(Cl)c3Cl)c12. The molecule has 0 radical (unpaired) electrons. The van der Waals surface area contributed by atoms with Gasteiger partial charge in [0.25, 0.3) is 0 Å². The molecule has 3 aromatic rings. The van der Waals surface area contributed by atoms with Gasteiger partial charge in [0.1, 0.15) is 17.0 Å². The van der Waals surface area contributed by atoms with Crippen molar-refractivity contribution in [1.29, 1.82) is 0 Å². The number of rotatable bonds is 4. The number of nitrogens with one attached hydrogen (secondary N) is 1. The van der Waals surface area contributed by atoms with E-state index < -0.39 is 5.97 Å². The van der Waals surface area contributed by atoms with Crippen LogP contribution in [-0.2, 0) is 4.74 Å². The highest BCUT2D eigenvalue weighted by atomic mass is 35.5. The van der Waals surface area contributed by atoms with E-state index in [1.807, 2.05) is 0 Å². The zero-order valence-corrected chi connectivity index (χ0v) is 14.3. The fraction of sp³-hybridized carbons (Fsp3) is 0.133. The molecule has 0 aliphatic carbocycles. The number of ether oxygens (including phenoxy) is 1. The molecule has 1 aromatic carbocycles. The molecule has 0 amide bonds. The Morgan fingerprint density at radius 2 is 2.17 bits per heavy atom. The van der Waals surface area contributed by atoms with Crippen LogP contribution in [0, 0.1) is 0 Å². The fourth-order valence-electron chi connectivity index (χ4n) is 2.06. The lowest BCUT2D eigenvalue weighted by atomic mass is 10.2. The Hall–Kier alpha value is -1.89. The fourth-order valence-corrected chi connectivity index (χ4v) is 3.28. The molecule has 0 bridgehead atoms. The van der Waals surface area contributed by atoms with Crippen molar-refractivity contribution in [3.05, 3.63) is 45.5 Å². The van der Waals surface area contributed by atoms with Crippen molar-refractivity contribution in [2.45, 2.75) is 6.92 Å². The van der Waals surface area contributed by atoms with E-state index in [0.717, 1.165) is 0 Å². The molecule has 8 heteroatoms. The third kappa shape index (κ3) is 3.10. The van der Waals surface area contributed by atoms with Crippen molar-refractivity contribution in [2.75, 3.05) is 11.9 Å². The molecule has 0 fully saturated rings. The maximum absolute atomic E-state index is 12.1. The van der Waals surface area contributed by atoms with Gasteiger partial charge < -0.3 is 10.1 Å². The van der Waals surface area contributed by atoms with E-state index in [2.05, 4.69) is 15.3 Å². The van der Waals surface area contributed by atoms with Crippen LogP contribution in [0.2, 0.25) is 10.0 Å². The topological polar surface area (TPSA) is 64.1 Å². The lowest BCUT2D eigenvalue weighted by molar-refractivity contribution is 0.0529. The molecule has 0 unspecified atom stereocenters. The van der Waals surface area contributed by atoms with Crippen LogP contribution in [0.4, 0.5) is 11.5 Å². The minimum atomic E-state index is -0.409. The molecule has 23 heavy (non-hydrogen) atoms. The van der Waals surface area contributed by atoms with Crippen molar-refractivity contribution in [3.8, 4) is 0 Å². The third-order valence-corrected chi connectivity index (χ3v) is 4.78. The third-order valence-electron chi connectivity index (χ3n) is 3.07. The average Bonchev–Trinajstić information content (AvgIpc) is 2.97. The van der Waals surface area contributed by atoms with Gasteiger partial charge in [-0.25, -0.2) is 14.8 Å². The van der Waals surface area contributed by atoms with E-state index in [-0.39, 0.29) is 0 Å². The molecule has 3 rings (SSSR count). The van der Waals surface area contributed by atoms with Crippen LogP contribution in [0.25, 0.3) is 10.2 Å². The van der Waals surface area contributed by atoms with E-state index in [1.54, 1.807) is 30.5 Å². The quantitative estimate of drug-likeness (QED) is 0.663. The maximum Gasteiger partial charge on any atom is 0.339 e. The highest BCUT2D eigenvalue weighted by Crippen LogP contribution is 2.35. The van der Waals surface area contributed by atoms with Gasteiger partial charge in [-0.15, -0.1) is 11.3 Å². The minimum absolute atomic E-state index is 0.298. The molecule has 5 nitrogen and oxygen atoms in total. The summed E-state index contributed by atoms with van der Waals surface area (Å²) in [6.45, 7) is 2.06. The smallest absolute Gasteiger partial charge is 0.339 e. The number of thiophene rings is 1. The van der Waals surface area contributed by atoms with Crippen LogP contribution in [-0.4, -0.2) is 22.5 Å². The number of aromatic nitrogens is 2. The molecule has 0 spiro atoms. The van der Waals surface area contributed by atoms with Gasteiger partial charge in [0.15, 0.2) is 0 Å². The summed E-state index contributed by atoms with van der Waals surface area (Å²) < 4.78 is 5.08. The Balaban J connectivity index is 2.09. The Morgan fingerprint density at radius 1 is 1.35 bits per heavy atom. The largest absolute Gasteiger partial charge is 0.462 e. The van der Waals surface area contributed by atoms with Gasteiger partial charge in [-0.3, -0.25) is 0 Å². The maximum atomic E-state index is 12.1. The highest BCUT2D eigenvalue weighted by Gasteiger charge is 2.19. The Morgan fingerprint density at radius 3 is 2.96 bits per heavy atom. The number of fused-ring (bicyclic) bond motifs is 1. The number of hydrogen-bond donors (Lipinski definition) is 1. The van der Waals surface area contributed by atoms with Gasteiger partial charge in [-0.1, -0.05) is 29.3 Å².